The number of nitrogens with one attached hydrogen (secondary N) is 1. The summed E-state index contributed by atoms with van der Waals surface area (Å²) in [6, 6.07) is 12.9. The first-order valence-corrected chi connectivity index (χ1v) is 7.22. The Balaban J connectivity index is 1.80. The average Bonchev–Trinajstić information content (AvgIpc) is 3.10. The average molecular weight is 308 g/mol. The highest BCUT2D eigenvalue weighted by molar-refractivity contribution is 5.93. The third kappa shape index (κ3) is 3.76. The van der Waals surface area contributed by atoms with Crippen molar-refractivity contribution >= 4 is 11.7 Å². The third-order valence-corrected chi connectivity index (χ3v) is 3.42. The van der Waals surface area contributed by atoms with Crippen LogP contribution < -0.4 is 5.32 Å². The van der Waals surface area contributed by atoms with Crippen LogP contribution in [0.25, 0.3) is 0 Å². The lowest BCUT2D eigenvalue weighted by Crippen LogP contribution is -2.28. The Morgan fingerprint density at radius 1 is 1.22 bits per heavy atom. The first-order chi connectivity index (χ1) is 11.2. The molecule has 0 aliphatic heterocycles. The second-order valence-electron chi connectivity index (χ2n) is 5.21. The van der Waals surface area contributed by atoms with Crippen molar-refractivity contribution in [1.29, 1.82) is 0 Å². The fourth-order valence-electron chi connectivity index (χ4n) is 2.21. The van der Waals surface area contributed by atoms with Crippen LogP contribution in [-0.2, 0) is 11.2 Å². The molecule has 1 N–H and O–H groups in total. The second kappa shape index (κ2) is 6.78. The van der Waals surface area contributed by atoms with Gasteiger partial charge in [0.05, 0.1) is 0 Å². The highest BCUT2D eigenvalue weighted by atomic mass is 16.2. The summed E-state index contributed by atoms with van der Waals surface area (Å²) in [5, 5.41) is 13.9. The lowest BCUT2D eigenvalue weighted by Gasteiger charge is -2.16. The van der Waals surface area contributed by atoms with Crippen LogP contribution in [-0.4, -0.2) is 31.1 Å². The Morgan fingerprint density at radius 3 is 2.70 bits per heavy atom. The summed E-state index contributed by atoms with van der Waals surface area (Å²) < 4.78 is 1.45. The molecule has 7 heteroatoms. The van der Waals surface area contributed by atoms with Gasteiger partial charge in [0.2, 0.25) is 0 Å². The molecule has 2 heterocycles. The lowest BCUT2D eigenvalue weighted by molar-refractivity contribution is -0.119. The fraction of sp³-hybridized carbons (Fsp3) is 0.188. The van der Waals surface area contributed by atoms with Gasteiger partial charge in [0.25, 0.3) is 5.91 Å². The van der Waals surface area contributed by atoms with Gasteiger partial charge in [0.15, 0.2) is 0 Å². The molecule has 23 heavy (non-hydrogen) atoms. The molecule has 1 unspecified atom stereocenters. The Hall–Kier alpha value is -3.09. The summed E-state index contributed by atoms with van der Waals surface area (Å²) in [5.41, 5.74) is 2.06. The molecular formula is C16H16N6O. The predicted octanol–water partition coefficient (Wildman–Crippen LogP) is 1.80. The third-order valence-electron chi connectivity index (χ3n) is 3.42. The Bertz CT molecular complexity index is 755. The minimum atomic E-state index is -0.546. The van der Waals surface area contributed by atoms with Gasteiger partial charge in [-0.05, 0) is 34.5 Å². The first-order valence-electron chi connectivity index (χ1n) is 7.22. The zero-order chi connectivity index (χ0) is 16.1. The molecular weight excluding hydrogens is 292 g/mol. The number of carbonyl (C=O) groups is 1. The predicted molar refractivity (Wildman–Crippen MR) is 84.6 cm³/mol. The summed E-state index contributed by atoms with van der Waals surface area (Å²) in [6.45, 7) is 1.94. The zero-order valence-electron chi connectivity index (χ0n) is 12.6. The van der Waals surface area contributed by atoms with Crippen molar-refractivity contribution in [3.8, 4) is 0 Å². The number of hydrogen-bond acceptors (Lipinski definition) is 5. The van der Waals surface area contributed by atoms with Crippen LogP contribution in [0.2, 0.25) is 0 Å². The molecule has 1 amide bonds. The van der Waals surface area contributed by atoms with Crippen molar-refractivity contribution in [2.45, 2.75) is 19.4 Å². The lowest BCUT2D eigenvalue weighted by atomic mass is 10.1. The van der Waals surface area contributed by atoms with Crippen LogP contribution in [0.5, 0.6) is 0 Å². The van der Waals surface area contributed by atoms with Crippen LogP contribution in [0.4, 0.5) is 5.82 Å². The van der Waals surface area contributed by atoms with Crippen LogP contribution in [0.15, 0.2) is 55.0 Å². The Morgan fingerprint density at radius 2 is 2.04 bits per heavy atom. The molecule has 0 fully saturated rings. The molecule has 0 aliphatic rings. The maximum atomic E-state index is 12.6. The molecule has 7 nitrogen and oxygen atoms in total. The van der Waals surface area contributed by atoms with E-state index in [-0.39, 0.29) is 5.91 Å². The van der Waals surface area contributed by atoms with E-state index in [1.807, 2.05) is 43.3 Å². The number of nitrogens with zero attached hydrogens (tertiary/aromatic N) is 5. The van der Waals surface area contributed by atoms with Crippen LogP contribution >= 0.6 is 0 Å². The van der Waals surface area contributed by atoms with E-state index in [0.29, 0.717) is 12.2 Å². The Labute approximate surface area is 133 Å². The topological polar surface area (TPSA) is 85.6 Å². The Kier molecular flexibility index (Phi) is 4.37. The molecule has 0 saturated carbocycles. The van der Waals surface area contributed by atoms with E-state index in [1.165, 1.54) is 11.0 Å². The van der Waals surface area contributed by atoms with Crippen LogP contribution in [0, 0.1) is 6.92 Å². The van der Waals surface area contributed by atoms with E-state index in [1.54, 1.807) is 12.3 Å². The number of aromatic nitrogens is 5. The normalized spacial score (nSPS) is 11.9. The number of benzene rings is 1. The van der Waals surface area contributed by atoms with Gasteiger partial charge in [-0.3, -0.25) is 4.79 Å². The van der Waals surface area contributed by atoms with Gasteiger partial charge < -0.3 is 5.32 Å². The minimum Gasteiger partial charge on any atom is -0.309 e. The van der Waals surface area contributed by atoms with Gasteiger partial charge in [-0.25, -0.2) is 9.67 Å². The van der Waals surface area contributed by atoms with Crippen molar-refractivity contribution < 1.29 is 4.79 Å². The number of amides is 1. The number of aryl methyl sites for hydroxylation is 1. The van der Waals surface area contributed by atoms with Gasteiger partial charge in [-0.1, -0.05) is 36.4 Å². The van der Waals surface area contributed by atoms with Crippen molar-refractivity contribution in [2.24, 2.45) is 0 Å². The van der Waals surface area contributed by atoms with Crippen LogP contribution in [0.3, 0.4) is 0 Å². The molecule has 0 radical (unpaired) electrons. The number of carbonyl (C=O) groups excluding carboxylic acids is 1. The maximum absolute atomic E-state index is 12.6. The summed E-state index contributed by atoms with van der Waals surface area (Å²) in [5.74, 6) is 0.296. The van der Waals surface area contributed by atoms with Crippen molar-refractivity contribution in [3.63, 3.8) is 0 Å². The maximum Gasteiger partial charge on any atom is 0.250 e. The van der Waals surface area contributed by atoms with Crippen LogP contribution in [0.1, 0.15) is 17.2 Å². The molecule has 0 spiro atoms. The number of anilines is 1. The summed E-state index contributed by atoms with van der Waals surface area (Å²) >= 11 is 0. The highest BCUT2D eigenvalue weighted by Crippen LogP contribution is 2.15. The molecule has 3 rings (SSSR count). The van der Waals surface area contributed by atoms with E-state index >= 15 is 0 Å². The second-order valence-corrected chi connectivity index (χ2v) is 5.21. The monoisotopic (exact) mass is 308 g/mol. The molecule has 0 bridgehead atoms. The van der Waals surface area contributed by atoms with Gasteiger partial charge in [-0.15, -0.1) is 5.10 Å². The number of hydrogen-bond donors (Lipinski definition) is 1. The molecule has 1 aromatic carbocycles. The van der Waals surface area contributed by atoms with Crippen molar-refractivity contribution in [1.82, 2.24) is 25.2 Å². The van der Waals surface area contributed by atoms with Crippen molar-refractivity contribution in [2.75, 3.05) is 5.32 Å². The SMILES string of the molecule is Cc1ccc(NC(=O)C(Cc2ccccc2)n2cnnn2)nc1. The molecule has 0 saturated heterocycles. The molecule has 2 aromatic heterocycles. The van der Waals surface area contributed by atoms with Gasteiger partial charge in [0.1, 0.15) is 18.2 Å². The van der Waals surface area contributed by atoms with E-state index in [4.69, 9.17) is 0 Å². The van der Waals surface area contributed by atoms with E-state index in [9.17, 15) is 4.79 Å². The van der Waals surface area contributed by atoms with E-state index < -0.39 is 6.04 Å². The van der Waals surface area contributed by atoms with Gasteiger partial charge >= 0.3 is 0 Å². The number of tetrazole rings is 1. The zero-order valence-corrected chi connectivity index (χ0v) is 12.6. The number of pyridine rings is 1. The fourth-order valence-corrected chi connectivity index (χ4v) is 2.21. The van der Waals surface area contributed by atoms with Gasteiger partial charge in [-0.2, -0.15) is 0 Å². The van der Waals surface area contributed by atoms with Crippen molar-refractivity contribution in [3.05, 3.63) is 66.1 Å². The van der Waals surface area contributed by atoms with Gasteiger partial charge in [0, 0.05) is 12.6 Å². The largest absolute Gasteiger partial charge is 0.309 e. The number of rotatable bonds is 5. The summed E-state index contributed by atoms with van der Waals surface area (Å²) in [6.07, 6.45) is 3.64. The summed E-state index contributed by atoms with van der Waals surface area (Å²) in [4.78, 5) is 16.8. The highest BCUT2D eigenvalue weighted by Gasteiger charge is 2.22. The molecule has 1 atom stereocenters. The standard InChI is InChI=1S/C16H16N6O/c1-12-7-8-15(17-10-12)19-16(23)14(22-11-18-20-21-22)9-13-5-3-2-4-6-13/h2-8,10-11,14H,9H2,1H3,(H,17,19,23). The molecule has 3 aromatic rings. The smallest absolute Gasteiger partial charge is 0.250 e. The van der Waals surface area contributed by atoms with E-state index in [2.05, 4.69) is 25.8 Å². The molecule has 116 valence electrons. The minimum absolute atomic E-state index is 0.211. The molecule has 0 aliphatic carbocycles. The van der Waals surface area contributed by atoms with E-state index in [0.717, 1.165) is 11.1 Å². The summed E-state index contributed by atoms with van der Waals surface area (Å²) in [7, 11) is 0. The first kappa shape index (κ1) is 14.8. The quantitative estimate of drug-likeness (QED) is 0.776.